The van der Waals surface area contributed by atoms with Crippen molar-refractivity contribution in [3.63, 3.8) is 0 Å². The first-order valence-corrected chi connectivity index (χ1v) is 236. The van der Waals surface area contributed by atoms with Gasteiger partial charge >= 0.3 is 0 Å². The van der Waals surface area contributed by atoms with Gasteiger partial charge in [-0.2, -0.15) is 0 Å². The zero-order valence-corrected chi connectivity index (χ0v) is 180. The molecule has 0 aliphatic heterocycles. The zero-order valence-electron chi connectivity index (χ0n) is 60.2. The Morgan fingerprint density at radius 1 is 0.0684 bits per heavy atom. The van der Waals surface area contributed by atoms with E-state index in [9.17, 15) is 0 Å². The third-order valence-corrected chi connectivity index (χ3v) is 784. The molecule has 0 radical (unpaired) electrons. The summed E-state index contributed by atoms with van der Waals surface area (Å²) in [4.78, 5) is 0. The molecular formula is CH120P116. The lowest BCUT2D eigenvalue weighted by Gasteiger charge is -2.72. The van der Waals surface area contributed by atoms with Crippen molar-refractivity contribution < 1.29 is 0 Å². The second kappa shape index (κ2) is 90.0. The molecule has 0 heterocycles. The molecule has 0 rings (SSSR count). The Labute approximate surface area is 917 Å². The molecule has 0 bridgehead atoms. The van der Waals surface area contributed by atoms with Crippen LogP contribution in [0.5, 0.6) is 0 Å². The van der Waals surface area contributed by atoms with Crippen molar-refractivity contribution in [2.75, 3.05) is 0 Å². The average Bonchev–Trinajstić information content (AvgIpc) is 0.669. The molecule has 61 atom stereocenters. The molecule has 0 saturated carbocycles. The fourth-order valence-electron chi connectivity index (χ4n) is 7.86. The van der Waals surface area contributed by atoms with Crippen molar-refractivity contribution >= 4 is 928 Å². The Morgan fingerprint density at radius 3 is 0.171 bits per heavy atom. The summed E-state index contributed by atoms with van der Waals surface area (Å²) in [6.45, 7) is -32.0. The van der Waals surface area contributed by atoms with E-state index in [1.54, 1.807) is 0 Å². The fraction of sp³-hybridized carbons (Fsp3) is 1.00. The van der Waals surface area contributed by atoms with Crippen molar-refractivity contribution in [3.05, 3.63) is 0 Å². The lowest BCUT2D eigenvalue weighted by atomic mass is 11.8. The molecule has 0 aromatic heterocycles. The van der Waals surface area contributed by atoms with Gasteiger partial charge in [-0.05, 0) is 393 Å². The monoisotopic (exact) mass is 3730 g/mol. The quantitative estimate of drug-likeness (QED) is 0.0533. The summed E-state index contributed by atoms with van der Waals surface area (Å²) in [6.07, 6.45) is 0. The van der Waals surface area contributed by atoms with Crippen LogP contribution in [0.2, 0.25) is 0 Å². The number of hydrogen-bond donors (Lipinski definition) is 0. The Bertz CT molecular complexity index is 1920. The van der Waals surface area contributed by atoms with Crippen LogP contribution in [0.3, 0.4) is 0 Å². The molecule has 116 heteroatoms. The van der Waals surface area contributed by atoms with Crippen LogP contribution >= 0.6 is 928 Å². The predicted octanol–water partition coefficient (Wildman–Crippen LogP) is 67.6. The van der Waals surface area contributed by atoms with Crippen molar-refractivity contribution in [1.29, 1.82) is 0 Å². The summed E-state index contributed by atoms with van der Waals surface area (Å²) in [6, 6.07) is 0. The summed E-state index contributed by atoms with van der Waals surface area (Å²) < 4.78 is 0.0967. The first kappa shape index (κ1) is 167. The van der Waals surface area contributed by atoms with Crippen molar-refractivity contribution in [3.8, 4) is 0 Å². The van der Waals surface area contributed by atoms with Gasteiger partial charge in [0.1, 0.15) is 0 Å². The van der Waals surface area contributed by atoms with E-state index in [-0.39, 0.29) is 4.38 Å². The maximum atomic E-state index is 4.08. The second-order valence-electron chi connectivity index (χ2n) is 19.1. The minimum absolute atomic E-state index is 0.0967. The van der Waals surface area contributed by atoms with E-state index >= 15 is 0 Å². The predicted molar refractivity (Wildman–Crippen MR) is 973 cm³/mol. The van der Waals surface area contributed by atoms with E-state index < -0.39 is 393 Å². The van der Waals surface area contributed by atoms with Crippen LogP contribution < -0.4 is 0 Å². The molecule has 117 heavy (non-hydrogen) atoms. The third kappa shape index (κ3) is 56.1. The van der Waals surface area contributed by atoms with Crippen LogP contribution in [-0.4, -0.2) is 4.38 Å². The van der Waals surface area contributed by atoms with Crippen LogP contribution in [-0.2, 0) is 0 Å². The molecule has 0 aliphatic rings. The van der Waals surface area contributed by atoms with Gasteiger partial charge in [0.2, 0.25) is 0 Å². The Kier molecular flexibility index (Phi) is 128. The van der Waals surface area contributed by atoms with E-state index in [1.807, 2.05) is 0 Å². The molecule has 704 valence electrons. The summed E-state index contributed by atoms with van der Waals surface area (Å²) >= 11 is 0. The molecule has 0 aromatic rings. The summed E-state index contributed by atoms with van der Waals surface area (Å²) in [5, 5.41) is 0. The summed E-state index contributed by atoms with van der Waals surface area (Å²) in [7, 11) is 233. The third-order valence-electron chi connectivity index (χ3n) is 10.9. The van der Waals surface area contributed by atoms with Crippen LogP contribution in [0.25, 0.3) is 0 Å². The molecule has 0 N–H and O–H groups in total. The van der Waals surface area contributed by atoms with Crippen molar-refractivity contribution in [2.24, 2.45) is 0 Å². The average molecular weight is 3730 g/mol. The van der Waals surface area contributed by atoms with E-state index in [0.717, 1.165) is 0 Å². The van der Waals surface area contributed by atoms with Gasteiger partial charge in [-0.1, -0.05) is 0 Å². The van der Waals surface area contributed by atoms with E-state index in [1.165, 1.54) is 0 Å². The zero-order chi connectivity index (χ0) is 92.8. The molecule has 61 unspecified atom stereocenters. The molecule has 0 saturated heterocycles. The maximum absolute atomic E-state index is 4.08. The highest BCUT2D eigenvalue weighted by Crippen LogP contribution is 3.54. The van der Waals surface area contributed by atoms with Gasteiger partial charge in [0.05, 0.1) is 4.38 Å². The topological polar surface area (TPSA) is 0 Å². The highest BCUT2D eigenvalue weighted by atomic mass is 33.5. The smallest absolute Gasteiger partial charge is 0.0860 e. The van der Waals surface area contributed by atoms with Gasteiger partial charge in [-0.25, -0.2) is 0 Å². The molecule has 0 spiro atoms. The van der Waals surface area contributed by atoms with E-state index in [4.69, 9.17) is 0 Å². The van der Waals surface area contributed by atoms with E-state index in [0.29, 0.717) is 0 Å². The van der Waals surface area contributed by atoms with Crippen LogP contribution in [0, 0.1) is 0 Å². The molecule has 0 aliphatic carbocycles. The molecular weight excluding hydrogens is 3600 g/mol. The molecule has 0 nitrogen and oxygen atoms in total. The van der Waals surface area contributed by atoms with Gasteiger partial charge in [0.15, 0.2) is 0 Å². The second-order valence-corrected chi connectivity index (χ2v) is 489. The Balaban J connectivity index is 17.3. The van der Waals surface area contributed by atoms with Crippen molar-refractivity contribution in [2.45, 2.75) is 4.38 Å². The van der Waals surface area contributed by atoms with Crippen molar-refractivity contribution in [1.82, 2.24) is 0 Å². The van der Waals surface area contributed by atoms with Gasteiger partial charge in [-0.15, -0.1) is 536 Å². The largest absolute Gasteiger partial charge is 0.102 e. The minimum Gasteiger partial charge on any atom is -0.102 e. The minimum atomic E-state index is -0.944. The Hall–Kier alpha value is 49.9. The standard InChI is InChI=1S/CH120P116/c2-66(3)96(67(4)5)62(97(104(68(6)7)69(8)9)105(70(10)11)71(12)13)1(63(98(106(72(14)15)73(16)17)107(74(18)19)75(20)21)99(108(76(22)23)77(24)25)109(78(26)27)79(28)29,64(100(110(80(30)31)81(32)33)111(82(34)35)83(36)37)101(112(84(38)39)85(40)41)113(86(42)43)87(44)45)65(102(114(88(46)47)89(48)49)115(90(50)51)91(52)53)103(116(92(54)55)93(56)57)117(94(58)59)95(60)61/h2-61H2. The van der Waals surface area contributed by atoms with Crippen LogP contribution in [0.15, 0.2) is 0 Å². The van der Waals surface area contributed by atoms with Crippen LogP contribution in [0.1, 0.15) is 0 Å². The number of hydrogen-bond acceptors (Lipinski definition) is 0. The highest BCUT2D eigenvalue weighted by Gasteiger charge is 2.78. The SMILES string of the molecule is PP(P)P(P(P)P)P(P(P(P)P)P(P)P)P(P(P(P)P)P(P)P)C(P(P(P(P(P)P)P(P)P)P(P(P)P)P(P)P)P(P(P(P)P)P(P)P)P(P(P)P)P(P)P)(P(P(P(P(P)P)P(P)P)P(P(P)P)P(P)P)P(P(P(P)P)P(P)P)P(P(P)P)P(P)P)P(P(P(P(P)P)P(P)P)P(P(P)P)P(P)P)P(P(P(P)P)P(P)P)P(P(P)P)P(P)P. The van der Waals surface area contributed by atoms with Gasteiger partial charge in [-0.3, -0.25) is 0 Å². The number of rotatable bonds is 56. The van der Waals surface area contributed by atoms with Gasteiger partial charge in [0, 0.05) is 0 Å². The van der Waals surface area contributed by atoms with Gasteiger partial charge in [0.25, 0.3) is 0 Å². The highest BCUT2D eigenvalue weighted by molar-refractivity contribution is 9.51. The lowest BCUT2D eigenvalue weighted by Crippen LogP contribution is -2.15. The lowest BCUT2D eigenvalue weighted by molar-refractivity contribution is 1.87. The fourth-order valence-corrected chi connectivity index (χ4v) is 1570. The Morgan fingerprint density at radius 2 is 0.120 bits per heavy atom. The summed E-state index contributed by atoms with van der Waals surface area (Å²) in [5.74, 6) is 0. The van der Waals surface area contributed by atoms with Crippen LogP contribution in [0.4, 0.5) is 0 Å². The van der Waals surface area contributed by atoms with Gasteiger partial charge < -0.3 is 0 Å². The maximum Gasteiger partial charge on any atom is 0.0860 e. The molecule has 0 aromatic carbocycles. The van der Waals surface area contributed by atoms with E-state index in [2.05, 4.69) is 536 Å². The first-order valence-electron chi connectivity index (χ1n) is 26.8. The normalized spacial score (nSPS) is 15.1. The molecule has 0 fully saturated rings. The summed E-state index contributed by atoms with van der Waals surface area (Å²) in [5.41, 5.74) is 0. The molecule has 0 amide bonds. The first-order chi connectivity index (χ1) is 53.1.